The standard InChI is InChI=1S/C14H20N4O/c1-3-19-12-6-4-11(5-7-12)10-14-16-13(8-9-15)17-18(14)2/h4-7H,3,8-10,15H2,1-2H3. The lowest BCUT2D eigenvalue weighted by Gasteiger charge is -2.04. The van der Waals surface area contributed by atoms with E-state index < -0.39 is 0 Å². The summed E-state index contributed by atoms with van der Waals surface area (Å²) < 4.78 is 7.24. The molecule has 0 atom stereocenters. The molecule has 1 aromatic heterocycles. The fraction of sp³-hybridized carbons (Fsp3) is 0.429. The summed E-state index contributed by atoms with van der Waals surface area (Å²) in [5, 5.41) is 4.34. The molecular weight excluding hydrogens is 240 g/mol. The van der Waals surface area contributed by atoms with Gasteiger partial charge >= 0.3 is 0 Å². The van der Waals surface area contributed by atoms with E-state index in [1.54, 1.807) is 0 Å². The highest BCUT2D eigenvalue weighted by atomic mass is 16.5. The number of benzene rings is 1. The van der Waals surface area contributed by atoms with E-state index in [4.69, 9.17) is 10.5 Å². The van der Waals surface area contributed by atoms with Gasteiger partial charge in [0.15, 0.2) is 5.82 Å². The molecule has 1 aromatic carbocycles. The summed E-state index contributed by atoms with van der Waals surface area (Å²) in [6.07, 6.45) is 1.48. The molecule has 5 nitrogen and oxygen atoms in total. The summed E-state index contributed by atoms with van der Waals surface area (Å²) in [6, 6.07) is 8.08. The molecule has 2 aromatic rings. The van der Waals surface area contributed by atoms with Gasteiger partial charge in [0.05, 0.1) is 6.61 Å². The van der Waals surface area contributed by atoms with E-state index >= 15 is 0 Å². The predicted molar refractivity (Wildman–Crippen MR) is 74.2 cm³/mol. The first-order valence-corrected chi connectivity index (χ1v) is 6.53. The normalized spacial score (nSPS) is 10.7. The molecule has 0 fully saturated rings. The lowest BCUT2D eigenvalue weighted by atomic mass is 10.1. The minimum absolute atomic E-state index is 0.576. The van der Waals surface area contributed by atoms with Crippen LogP contribution in [0.4, 0.5) is 0 Å². The van der Waals surface area contributed by atoms with Gasteiger partial charge in [0.25, 0.3) is 0 Å². The maximum atomic E-state index is 5.51. The first kappa shape index (κ1) is 13.5. The highest BCUT2D eigenvalue weighted by Crippen LogP contribution is 2.14. The Labute approximate surface area is 113 Å². The Bertz CT molecular complexity index is 519. The van der Waals surface area contributed by atoms with Gasteiger partial charge in [-0.3, -0.25) is 4.68 Å². The van der Waals surface area contributed by atoms with Crippen LogP contribution in [-0.4, -0.2) is 27.9 Å². The minimum Gasteiger partial charge on any atom is -0.494 e. The van der Waals surface area contributed by atoms with Crippen LogP contribution < -0.4 is 10.5 Å². The van der Waals surface area contributed by atoms with Crippen molar-refractivity contribution >= 4 is 0 Å². The zero-order valence-electron chi connectivity index (χ0n) is 11.5. The third-order valence-electron chi connectivity index (χ3n) is 2.86. The van der Waals surface area contributed by atoms with Crippen LogP contribution in [0.25, 0.3) is 0 Å². The molecule has 0 saturated heterocycles. The van der Waals surface area contributed by atoms with E-state index in [0.717, 1.165) is 30.2 Å². The maximum absolute atomic E-state index is 5.51. The Morgan fingerprint density at radius 2 is 2.00 bits per heavy atom. The molecule has 0 radical (unpaired) electrons. The number of aryl methyl sites for hydroxylation is 1. The molecule has 2 N–H and O–H groups in total. The van der Waals surface area contributed by atoms with Crippen molar-refractivity contribution in [3.05, 3.63) is 41.5 Å². The van der Waals surface area contributed by atoms with Crippen molar-refractivity contribution in [3.63, 3.8) is 0 Å². The van der Waals surface area contributed by atoms with Crippen LogP contribution in [0.5, 0.6) is 5.75 Å². The van der Waals surface area contributed by atoms with Crippen LogP contribution in [0, 0.1) is 0 Å². The quantitative estimate of drug-likeness (QED) is 0.850. The summed E-state index contributed by atoms with van der Waals surface area (Å²) in [5.41, 5.74) is 6.71. The molecule has 19 heavy (non-hydrogen) atoms. The zero-order chi connectivity index (χ0) is 13.7. The molecule has 0 aliphatic rings. The summed E-state index contributed by atoms with van der Waals surface area (Å²) in [6.45, 7) is 3.24. The summed E-state index contributed by atoms with van der Waals surface area (Å²) in [4.78, 5) is 4.49. The molecule has 0 spiro atoms. The van der Waals surface area contributed by atoms with Crippen molar-refractivity contribution in [1.82, 2.24) is 14.8 Å². The largest absolute Gasteiger partial charge is 0.494 e. The van der Waals surface area contributed by atoms with Gasteiger partial charge in [0.1, 0.15) is 11.6 Å². The molecular formula is C14H20N4O. The number of nitrogens with zero attached hydrogens (tertiary/aromatic N) is 3. The molecule has 2 rings (SSSR count). The second kappa shape index (κ2) is 6.33. The van der Waals surface area contributed by atoms with E-state index in [1.165, 1.54) is 5.56 Å². The SMILES string of the molecule is CCOc1ccc(Cc2nc(CCN)nn2C)cc1. The van der Waals surface area contributed by atoms with Gasteiger partial charge in [-0.25, -0.2) is 4.98 Å². The Morgan fingerprint density at radius 3 is 2.63 bits per heavy atom. The molecule has 0 saturated carbocycles. The fourth-order valence-electron chi connectivity index (χ4n) is 1.92. The third kappa shape index (κ3) is 3.54. The van der Waals surface area contributed by atoms with Crippen molar-refractivity contribution in [3.8, 4) is 5.75 Å². The van der Waals surface area contributed by atoms with Crippen LogP contribution in [0.15, 0.2) is 24.3 Å². The van der Waals surface area contributed by atoms with Gasteiger partial charge in [-0.05, 0) is 31.2 Å². The first-order chi connectivity index (χ1) is 9.22. The summed E-state index contributed by atoms with van der Waals surface area (Å²) >= 11 is 0. The maximum Gasteiger partial charge on any atom is 0.152 e. The van der Waals surface area contributed by atoms with E-state index in [2.05, 4.69) is 22.2 Å². The zero-order valence-corrected chi connectivity index (χ0v) is 11.5. The Morgan fingerprint density at radius 1 is 1.26 bits per heavy atom. The van der Waals surface area contributed by atoms with Crippen LogP contribution in [0.1, 0.15) is 24.1 Å². The van der Waals surface area contributed by atoms with E-state index in [0.29, 0.717) is 13.2 Å². The number of rotatable bonds is 6. The van der Waals surface area contributed by atoms with Gasteiger partial charge in [-0.15, -0.1) is 0 Å². The number of aromatic nitrogens is 3. The average molecular weight is 260 g/mol. The molecule has 0 amide bonds. The first-order valence-electron chi connectivity index (χ1n) is 6.53. The lowest BCUT2D eigenvalue weighted by molar-refractivity contribution is 0.340. The van der Waals surface area contributed by atoms with Gasteiger partial charge in [0, 0.05) is 19.9 Å². The average Bonchev–Trinajstić information content (AvgIpc) is 2.73. The molecule has 0 unspecified atom stereocenters. The van der Waals surface area contributed by atoms with Crippen molar-refractivity contribution in [2.75, 3.05) is 13.2 Å². The Hall–Kier alpha value is -1.88. The number of nitrogens with two attached hydrogens (primary N) is 1. The second-order valence-corrected chi connectivity index (χ2v) is 4.36. The molecule has 0 bridgehead atoms. The predicted octanol–water partition coefficient (Wildman–Crippen LogP) is 1.31. The summed E-state index contributed by atoms with van der Waals surface area (Å²) in [5.74, 6) is 2.66. The molecule has 0 aliphatic carbocycles. The van der Waals surface area contributed by atoms with Crippen molar-refractivity contribution in [1.29, 1.82) is 0 Å². The van der Waals surface area contributed by atoms with E-state index in [1.807, 2.05) is 30.8 Å². The van der Waals surface area contributed by atoms with Gasteiger partial charge in [-0.2, -0.15) is 5.10 Å². The third-order valence-corrected chi connectivity index (χ3v) is 2.86. The van der Waals surface area contributed by atoms with Gasteiger partial charge in [0.2, 0.25) is 0 Å². The molecule has 102 valence electrons. The van der Waals surface area contributed by atoms with Crippen LogP contribution in [0.2, 0.25) is 0 Å². The monoisotopic (exact) mass is 260 g/mol. The van der Waals surface area contributed by atoms with Crippen molar-refractivity contribution < 1.29 is 4.74 Å². The number of hydrogen-bond acceptors (Lipinski definition) is 4. The fourth-order valence-corrected chi connectivity index (χ4v) is 1.92. The minimum atomic E-state index is 0.576. The van der Waals surface area contributed by atoms with E-state index in [-0.39, 0.29) is 0 Å². The van der Waals surface area contributed by atoms with Crippen LogP contribution in [0.3, 0.4) is 0 Å². The summed E-state index contributed by atoms with van der Waals surface area (Å²) in [7, 11) is 1.91. The number of hydrogen-bond donors (Lipinski definition) is 1. The molecule has 5 heteroatoms. The van der Waals surface area contributed by atoms with Crippen LogP contribution >= 0.6 is 0 Å². The van der Waals surface area contributed by atoms with Gasteiger partial charge < -0.3 is 10.5 Å². The van der Waals surface area contributed by atoms with Gasteiger partial charge in [-0.1, -0.05) is 12.1 Å². The molecule has 0 aliphatic heterocycles. The topological polar surface area (TPSA) is 66.0 Å². The Balaban J connectivity index is 2.07. The van der Waals surface area contributed by atoms with E-state index in [9.17, 15) is 0 Å². The second-order valence-electron chi connectivity index (χ2n) is 4.36. The Kier molecular flexibility index (Phi) is 4.52. The van der Waals surface area contributed by atoms with Crippen LogP contribution in [-0.2, 0) is 19.9 Å². The smallest absolute Gasteiger partial charge is 0.152 e. The number of ether oxygens (including phenoxy) is 1. The molecule has 1 heterocycles. The van der Waals surface area contributed by atoms with Crippen molar-refractivity contribution in [2.24, 2.45) is 12.8 Å². The van der Waals surface area contributed by atoms with Crippen molar-refractivity contribution in [2.45, 2.75) is 19.8 Å². The lowest BCUT2D eigenvalue weighted by Crippen LogP contribution is -2.04. The highest BCUT2D eigenvalue weighted by Gasteiger charge is 2.07. The highest BCUT2D eigenvalue weighted by molar-refractivity contribution is 5.29.